The summed E-state index contributed by atoms with van der Waals surface area (Å²) in [5.74, 6) is -0.236. The van der Waals surface area contributed by atoms with Crippen LogP contribution in [0.15, 0.2) is 18.5 Å². The normalized spacial score (nSPS) is 28.5. The van der Waals surface area contributed by atoms with Crippen LogP contribution in [0.4, 0.5) is 4.39 Å². The number of benzene rings is 1. The van der Waals surface area contributed by atoms with Gasteiger partial charge in [-0.2, -0.15) is 0 Å². The van der Waals surface area contributed by atoms with E-state index in [9.17, 15) is 9.18 Å². The standard InChI is InChI=1S/C16H19FN4O/c1-16-7-20(2)5-10(16)6-21(8-16)15(22)11-3-13-14(4-12(11)17)19-9-18-13/h3-4,9-10H,5-8H2,1-2H3,(H,18,19)/t10-,16+/m1/s1. The smallest absolute Gasteiger partial charge is 0.256 e. The maximum atomic E-state index is 14.2. The van der Waals surface area contributed by atoms with Crippen molar-refractivity contribution in [2.75, 3.05) is 33.2 Å². The number of nitrogens with zero attached hydrogens (tertiary/aromatic N) is 3. The van der Waals surface area contributed by atoms with Gasteiger partial charge in [0.25, 0.3) is 5.91 Å². The topological polar surface area (TPSA) is 52.2 Å². The predicted octanol–water partition coefficient (Wildman–Crippen LogP) is 1.73. The number of fused-ring (bicyclic) bond motifs is 2. The lowest BCUT2D eigenvalue weighted by Crippen LogP contribution is -2.35. The van der Waals surface area contributed by atoms with Gasteiger partial charge in [-0.05, 0) is 19.0 Å². The number of carbonyl (C=O) groups excluding carboxylic acids is 1. The lowest BCUT2D eigenvalue weighted by molar-refractivity contribution is 0.0761. The molecule has 2 fully saturated rings. The van der Waals surface area contributed by atoms with Crippen LogP contribution >= 0.6 is 0 Å². The zero-order chi connectivity index (χ0) is 15.5. The van der Waals surface area contributed by atoms with Crippen molar-refractivity contribution >= 4 is 16.9 Å². The predicted molar refractivity (Wildman–Crippen MR) is 81.0 cm³/mol. The molecule has 1 N–H and O–H groups in total. The van der Waals surface area contributed by atoms with Crippen molar-refractivity contribution in [1.82, 2.24) is 19.8 Å². The number of likely N-dealkylation sites (tertiary alicyclic amines) is 2. The van der Waals surface area contributed by atoms with Crippen molar-refractivity contribution in [3.8, 4) is 0 Å². The molecule has 0 spiro atoms. The molecule has 0 aliphatic carbocycles. The zero-order valence-electron chi connectivity index (χ0n) is 12.8. The van der Waals surface area contributed by atoms with Gasteiger partial charge >= 0.3 is 0 Å². The highest BCUT2D eigenvalue weighted by molar-refractivity contribution is 5.97. The summed E-state index contributed by atoms with van der Waals surface area (Å²) in [4.78, 5) is 23.8. The average molecular weight is 302 g/mol. The van der Waals surface area contributed by atoms with Crippen molar-refractivity contribution in [1.29, 1.82) is 0 Å². The van der Waals surface area contributed by atoms with E-state index in [1.807, 2.05) is 0 Å². The molecular formula is C16H19FN4O. The van der Waals surface area contributed by atoms with Gasteiger partial charge in [-0.3, -0.25) is 4.79 Å². The van der Waals surface area contributed by atoms with Gasteiger partial charge in [-0.15, -0.1) is 0 Å². The molecule has 1 aromatic carbocycles. The summed E-state index contributed by atoms with van der Waals surface area (Å²) in [6.07, 6.45) is 1.51. The van der Waals surface area contributed by atoms with Crippen LogP contribution in [0, 0.1) is 17.2 Å². The van der Waals surface area contributed by atoms with Crippen molar-refractivity contribution in [3.05, 3.63) is 29.8 Å². The molecule has 2 saturated heterocycles. The number of amides is 1. The molecule has 2 aliphatic heterocycles. The van der Waals surface area contributed by atoms with Gasteiger partial charge in [0, 0.05) is 37.7 Å². The van der Waals surface area contributed by atoms with Gasteiger partial charge in [-0.25, -0.2) is 9.37 Å². The first-order valence-corrected chi connectivity index (χ1v) is 7.57. The van der Waals surface area contributed by atoms with E-state index in [-0.39, 0.29) is 16.9 Å². The van der Waals surface area contributed by atoms with Crippen LogP contribution in [0.2, 0.25) is 0 Å². The van der Waals surface area contributed by atoms with E-state index in [2.05, 4.69) is 28.8 Å². The monoisotopic (exact) mass is 302 g/mol. The minimum absolute atomic E-state index is 0.122. The number of hydrogen-bond acceptors (Lipinski definition) is 3. The molecule has 4 rings (SSSR count). The Morgan fingerprint density at radius 3 is 3.00 bits per heavy atom. The second-order valence-corrected chi connectivity index (χ2v) is 6.99. The van der Waals surface area contributed by atoms with Gasteiger partial charge in [0.05, 0.1) is 22.9 Å². The molecule has 5 nitrogen and oxygen atoms in total. The number of aromatic amines is 1. The van der Waals surface area contributed by atoms with Crippen LogP contribution in [0.5, 0.6) is 0 Å². The Morgan fingerprint density at radius 2 is 2.23 bits per heavy atom. The van der Waals surface area contributed by atoms with E-state index in [1.165, 1.54) is 12.4 Å². The molecule has 22 heavy (non-hydrogen) atoms. The fourth-order valence-corrected chi connectivity index (χ4v) is 4.08. The molecule has 3 heterocycles. The fourth-order valence-electron chi connectivity index (χ4n) is 4.08. The van der Waals surface area contributed by atoms with E-state index >= 15 is 0 Å². The zero-order valence-corrected chi connectivity index (χ0v) is 12.8. The number of imidazole rings is 1. The van der Waals surface area contributed by atoms with Crippen LogP contribution in [-0.4, -0.2) is 58.9 Å². The van der Waals surface area contributed by atoms with Crippen molar-refractivity contribution in [2.45, 2.75) is 6.92 Å². The third kappa shape index (κ3) is 1.94. The number of rotatable bonds is 1. The number of halogens is 1. The molecule has 2 atom stereocenters. The van der Waals surface area contributed by atoms with E-state index in [0.29, 0.717) is 30.0 Å². The first-order valence-electron chi connectivity index (χ1n) is 7.57. The molecule has 0 unspecified atom stereocenters. The van der Waals surface area contributed by atoms with Gasteiger partial charge in [-0.1, -0.05) is 6.92 Å². The van der Waals surface area contributed by atoms with Crippen LogP contribution in [0.3, 0.4) is 0 Å². The van der Waals surface area contributed by atoms with Crippen molar-refractivity contribution in [3.63, 3.8) is 0 Å². The first-order chi connectivity index (χ1) is 10.5. The summed E-state index contributed by atoms with van der Waals surface area (Å²) in [6.45, 7) is 5.61. The third-order valence-corrected chi connectivity index (χ3v) is 5.17. The Balaban J connectivity index is 1.63. The van der Waals surface area contributed by atoms with E-state index in [1.54, 1.807) is 11.0 Å². The Morgan fingerprint density at radius 1 is 1.41 bits per heavy atom. The highest BCUT2D eigenvalue weighted by atomic mass is 19.1. The number of aromatic nitrogens is 2. The van der Waals surface area contributed by atoms with Crippen LogP contribution in [0.1, 0.15) is 17.3 Å². The molecule has 2 aliphatic rings. The first kappa shape index (κ1) is 13.7. The number of carbonyl (C=O) groups is 1. The molecule has 6 heteroatoms. The minimum Gasteiger partial charge on any atom is -0.345 e. The number of H-pyrrole nitrogens is 1. The molecule has 1 amide bonds. The van der Waals surface area contributed by atoms with Gasteiger partial charge in [0.15, 0.2) is 0 Å². The molecule has 1 aromatic heterocycles. The van der Waals surface area contributed by atoms with Crippen molar-refractivity contribution < 1.29 is 9.18 Å². The summed E-state index contributed by atoms with van der Waals surface area (Å²) in [6, 6.07) is 2.90. The molecule has 116 valence electrons. The molecular weight excluding hydrogens is 283 g/mol. The molecule has 0 radical (unpaired) electrons. The summed E-state index contributed by atoms with van der Waals surface area (Å²) >= 11 is 0. The van der Waals surface area contributed by atoms with Crippen LogP contribution < -0.4 is 0 Å². The van der Waals surface area contributed by atoms with Gasteiger partial charge < -0.3 is 14.8 Å². The Bertz CT molecular complexity index is 758. The summed E-state index contributed by atoms with van der Waals surface area (Å²) < 4.78 is 14.2. The van der Waals surface area contributed by atoms with Crippen LogP contribution in [0.25, 0.3) is 11.0 Å². The Labute approximate surface area is 128 Å². The quantitative estimate of drug-likeness (QED) is 0.873. The molecule has 2 aromatic rings. The number of hydrogen-bond donors (Lipinski definition) is 1. The van der Waals surface area contributed by atoms with E-state index in [4.69, 9.17) is 0 Å². The van der Waals surface area contributed by atoms with Crippen molar-refractivity contribution in [2.24, 2.45) is 11.3 Å². The van der Waals surface area contributed by atoms with E-state index in [0.717, 1.165) is 13.1 Å². The van der Waals surface area contributed by atoms with E-state index < -0.39 is 5.82 Å². The lowest BCUT2D eigenvalue weighted by atomic mass is 9.83. The maximum Gasteiger partial charge on any atom is 0.256 e. The SMILES string of the molecule is CN1C[C@@H]2CN(C(=O)c3cc4nc[nH]c4cc3F)C[C@]2(C)C1. The summed E-state index contributed by atoms with van der Waals surface area (Å²) in [7, 11) is 2.11. The fraction of sp³-hybridized carbons (Fsp3) is 0.500. The highest BCUT2D eigenvalue weighted by Gasteiger charge is 2.49. The third-order valence-electron chi connectivity index (χ3n) is 5.17. The number of nitrogens with one attached hydrogen (secondary N) is 1. The minimum atomic E-state index is -0.485. The Hall–Kier alpha value is -1.95. The lowest BCUT2D eigenvalue weighted by Gasteiger charge is -2.24. The second-order valence-electron chi connectivity index (χ2n) is 6.99. The van der Waals surface area contributed by atoms with Crippen LogP contribution in [-0.2, 0) is 0 Å². The van der Waals surface area contributed by atoms with Gasteiger partial charge in [0.2, 0.25) is 0 Å². The molecule has 0 saturated carbocycles. The Kier molecular flexibility index (Phi) is 2.81. The summed E-state index contributed by atoms with van der Waals surface area (Å²) in [5, 5.41) is 0. The average Bonchev–Trinajstić information content (AvgIpc) is 3.08. The van der Waals surface area contributed by atoms with Gasteiger partial charge in [0.1, 0.15) is 5.82 Å². The second kappa shape index (κ2) is 4.52. The highest BCUT2D eigenvalue weighted by Crippen LogP contribution is 2.41. The largest absolute Gasteiger partial charge is 0.345 e. The molecule has 0 bridgehead atoms. The maximum absolute atomic E-state index is 14.2. The summed E-state index contributed by atoms with van der Waals surface area (Å²) in [5.41, 5.74) is 1.48.